The minimum atomic E-state index is -0.319. The molecule has 94 valence electrons. The molecule has 0 radical (unpaired) electrons. The summed E-state index contributed by atoms with van der Waals surface area (Å²) in [6, 6.07) is 4.39. The van der Waals surface area contributed by atoms with Crippen LogP contribution in [-0.2, 0) is 6.54 Å². The highest BCUT2D eigenvalue weighted by molar-refractivity contribution is 9.10. The first-order valence-corrected chi connectivity index (χ1v) is 6.34. The van der Waals surface area contributed by atoms with Gasteiger partial charge in [-0.25, -0.2) is 4.39 Å². The Labute approximate surface area is 121 Å². The molecule has 0 bridgehead atoms. The van der Waals surface area contributed by atoms with Gasteiger partial charge in [-0.15, -0.1) is 10.2 Å². The van der Waals surface area contributed by atoms with Crippen LogP contribution < -0.4 is 5.32 Å². The highest BCUT2D eigenvalue weighted by Crippen LogP contribution is 2.21. The van der Waals surface area contributed by atoms with Gasteiger partial charge in [-0.05, 0) is 35.4 Å². The van der Waals surface area contributed by atoms with E-state index >= 15 is 0 Å². The molecule has 1 N–H and O–H groups in total. The lowest BCUT2D eigenvalue weighted by Crippen LogP contribution is -2.05. The highest BCUT2D eigenvalue weighted by atomic mass is 79.9. The summed E-state index contributed by atoms with van der Waals surface area (Å²) >= 11 is 14.7. The Hall–Kier alpha value is -0.980. The van der Waals surface area contributed by atoms with Crippen molar-refractivity contribution in [2.24, 2.45) is 0 Å². The molecule has 4 nitrogen and oxygen atoms in total. The largest absolute Gasteiger partial charge is 0.363 e. The molecule has 0 unspecified atom stereocenters. The van der Waals surface area contributed by atoms with Gasteiger partial charge in [0.2, 0.25) is 5.28 Å². The molecule has 0 aliphatic rings. The Morgan fingerprint density at radius 2 is 2.06 bits per heavy atom. The van der Waals surface area contributed by atoms with Crippen LogP contribution in [0.25, 0.3) is 0 Å². The molecule has 2 aromatic rings. The molecule has 0 saturated carbocycles. The predicted molar refractivity (Wildman–Crippen MR) is 71.3 cm³/mol. The third kappa shape index (κ3) is 3.28. The van der Waals surface area contributed by atoms with Crippen LogP contribution in [0.1, 0.15) is 5.56 Å². The van der Waals surface area contributed by atoms with Crippen molar-refractivity contribution in [1.82, 2.24) is 15.2 Å². The van der Waals surface area contributed by atoms with Gasteiger partial charge in [-0.3, -0.25) is 0 Å². The van der Waals surface area contributed by atoms with E-state index in [1.807, 2.05) is 0 Å². The summed E-state index contributed by atoms with van der Waals surface area (Å²) in [6.07, 6.45) is 0. The van der Waals surface area contributed by atoms with E-state index in [0.29, 0.717) is 12.4 Å². The van der Waals surface area contributed by atoms with Gasteiger partial charge >= 0.3 is 0 Å². The summed E-state index contributed by atoms with van der Waals surface area (Å²) in [4.78, 5) is 3.88. The van der Waals surface area contributed by atoms with Crippen LogP contribution >= 0.6 is 39.1 Å². The smallest absolute Gasteiger partial charge is 0.245 e. The number of hydrogen-bond acceptors (Lipinski definition) is 4. The minimum Gasteiger partial charge on any atom is -0.363 e. The molecule has 0 saturated heterocycles. The number of halogens is 4. The molecule has 0 aliphatic carbocycles. The number of nitrogens with one attached hydrogen (secondary N) is 1. The Balaban J connectivity index is 2.16. The van der Waals surface area contributed by atoms with Crippen molar-refractivity contribution in [1.29, 1.82) is 0 Å². The maximum atomic E-state index is 13.1. The standard InChI is InChI=1S/C10H6BrCl2FN4/c11-7-2-1-6(14)3-5(7)4-15-9-8(12)17-18-10(13)16-9/h1-3H,4H2,(H,15,16,18). The van der Waals surface area contributed by atoms with E-state index in [2.05, 4.69) is 36.4 Å². The van der Waals surface area contributed by atoms with E-state index < -0.39 is 0 Å². The van der Waals surface area contributed by atoms with E-state index in [1.54, 1.807) is 6.07 Å². The molecule has 8 heteroatoms. The van der Waals surface area contributed by atoms with Crippen LogP contribution in [0, 0.1) is 5.82 Å². The fourth-order valence-corrected chi connectivity index (χ4v) is 1.92. The van der Waals surface area contributed by atoms with Gasteiger partial charge in [0.15, 0.2) is 11.0 Å². The van der Waals surface area contributed by atoms with Crippen molar-refractivity contribution in [2.45, 2.75) is 6.54 Å². The maximum absolute atomic E-state index is 13.1. The molecule has 0 atom stereocenters. The third-order valence-corrected chi connectivity index (χ3v) is 3.26. The van der Waals surface area contributed by atoms with Gasteiger partial charge in [0, 0.05) is 11.0 Å². The SMILES string of the molecule is Fc1ccc(Br)c(CNc2nc(Cl)nnc2Cl)c1. The quantitative estimate of drug-likeness (QED) is 0.916. The lowest BCUT2D eigenvalue weighted by atomic mass is 10.2. The summed E-state index contributed by atoms with van der Waals surface area (Å²) in [7, 11) is 0. The van der Waals surface area contributed by atoms with E-state index in [4.69, 9.17) is 23.2 Å². The summed E-state index contributed by atoms with van der Waals surface area (Å²) in [5.74, 6) is -0.0206. The summed E-state index contributed by atoms with van der Waals surface area (Å²) in [5.41, 5.74) is 0.723. The molecular weight excluding hydrogens is 346 g/mol. The molecule has 0 aliphatic heterocycles. The van der Waals surface area contributed by atoms with E-state index in [0.717, 1.165) is 10.0 Å². The van der Waals surface area contributed by atoms with E-state index in [9.17, 15) is 4.39 Å². The molecule has 2 rings (SSSR count). The Kier molecular flexibility index (Phi) is 4.31. The molecule has 1 aromatic carbocycles. The van der Waals surface area contributed by atoms with Crippen LogP contribution in [0.4, 0.5) is 10.2 Å². The zero-order chi connectivity index (χ0) is 13.1. The van der Waals surface area contributed by atoms with Crippen molar-refractivity contribution in [3.05, 3.63) is 44.5 Å². The first kappa shape index (κ1) is 13.5. The number of rotatable bonds is 3. The van der Waals surface area contributed by atoms with E-state index in [1.165, 1.54) is 12.1 Å². The monoisotopic (exact) mass is 350 g/mol. The van der Waals surface area contributed by atoms with Gasteiger partial charge in [0.25, 0.3) is 0 Å². The molecule has 18 heavy (non-hydrogen) atoms. The van der Waals surface area contributed by atoms with Crippen molar-refractivity contribution >= 4 is 44.9 Å². The van der Waals surface area contributed by atoms with Gasteiger partial charge < -0.3 is 5.32 Å². The molecule has 0 fully saturated rings. The number of aromatic nitrogens is 3. The van der Waals surface area contributed by atoms with Gasteiger partial charge in [0.05, 0.1) is 0 Å². The predicted octanol–water partition coefficient (Wildman–Crippen LogP) is 3.69. The lowest BCUT2D eigenvalue weighted by molar-refractivity contribution is 0.625. The van der Waals surface area contributed by atoms with Crippen molar-refractivity contribution in [3.8, 4) is 0 Å². The number of hydrogen-bond donors (Lipinski definition) is 1. The molecule has 0 spiro atoms. The summed E-state index contributed by atoms with van der Waals surface area (Å²) in [6.45, 7) is 0.326. The van der Waals surface area contributed by atoms with Gasteiger partial charge in [-0.1, -0.05) is 27.5 Å². The minimum absolute atomic E-state index is 0.0137. The topological polar surface area (TPSA) is 50.7 Å². The van der Waals surface area contributed by atoms with Gasteiger partial charge in [0.1, 0.15) is 5.82 Å². The Morgan fingerprint density at radius 1 is 1.28 bits per heavy atom. The van der Waals surface area contributed by atoms with Crippen molar-refractivity contribution < 1.29 is 4.39 Å². The number of nitrogens with zero attached hydrogens (tertiary/aromatic N) is 3. The average Bonchev–Trinajstić information content (AvgIpc) is 2.34. The zero-order valence-corrected chi connectivity index (χ0v) is 11.9. The second-order valence-electron chi connectivity index (χ2n) is 3.31. The molecule has 1 aromatic heterocycles. The second kappa shape index (κ2) is 5.77. The first-order valence-electron chi connectivity index (χ1n) is 4.80. The summed E-state index contributed by atoms with van der Waals surface area (Å²) in [5, 5.41) is 10.1. The zero-order valence-electron chi connectivity index (χ0n) is 8.79. The number of anilines is 1. The lowest BCUT2D eigenvalue weighted by Gasteiger charge is -2.08. The fourth-order valence-electron chi connectivity index (χ4n) is 1.26. The summed E-state index contributed by atoms with van der Waals surface area (Å²) < 4.78 is 13.9. The van der Waals surface area contributed by atoms with Crippen molar-refractivity contribution in [3.63, 3.8) is 0 Å². The van der Waals surface area contributed by atoms with Crippen LogP contribution in [-0.4, -0.2) is 15.2 Å². The van der Waals surface area contributed by atoms with Crippen molar-refractivity contribution in [2.75, 3.05) is 5.32 Å². The van der Waals surface area contributed by atoms with Crippen LogP contribution in [0.2, 0.25) is 10.4 Å². The van der Waals surface area contributed by atoms with Crippen LogP contribution in [0.15, 0.2) is 22.7 Å². The average molecular weight is 352 g/mol. The molecule has 1 heterocycles. The van der Waals surface area contributed by atoms with E-state index in [-0.39, 0.29) is 16.3 Å². The first-order chi connectivity index (χ1) is 8.56. The second-order valence-corrected chi connectivity index (χ2v) is 4.86. The number of benzene rings is 1. The van der Waals surface area contributed by atoms with Crippen LogP contribution in [0.5, 0.6) is 0 Å². The third-order valence-electron chi connectivity index (χ3n) is 2.07. The normalized spacial score (nSPS) is 10.4. The maximum Gasteiger partial charge on any atom is 0.245 e. The Morgan fingerprint density at radius 3 is 2.83 bits per heavy atom. The van der Waals surface area contributed by atoms with Gasteiger partial charge in [-0.2, -0.15) is 4.98 Å². The molecule has 0 amide bonds. The fraction of sp³-hybridized carbons (Fsp3) is 0.100. The molecular formula is C10H6BrCl2FN4. The Bertz CT molecular complexity index is 530. The highest BCUT2D eigenvalue weighted by Gasteiger charge is 2.07. The van der Waals surface area contributed by atoms with Crippen LogP contribution in [0.3, 0.4) is 0 Å².